The number of rotatable bonds is 3. The molecule has 1 fully saturated rings. The van der Waals surface area contributed by atoms with E-state index in [9.17, 15) is 0 Å². The van der Waals surface area contributed by atoms with Crippen LogP contribution in [0.2, 0.25) is 0 Å². The Morgan fingerprint density at radius 3 is 2.28 bits per heavy atom. The number of carboxylic acid groups (broad SMARTS) is 2. The summed E-state index contributed by atoms with van der Waals surface area (Å²) < 4.78 is 5.75. The first-order valence-electron chi connectivity index (χ1n) is 9.01. The molecule has 4 rings (SSSR count). The first-order valence-corrected chi connectivity index (χ1v) is 9.89. The average Bonchev–Trinajstić information content (AvgIpc) is 3.42. The molecular formula is C20H21N3O5S. The van der Waals surface area contributed by atoms with Gasteiger partial charge in [-0.1, -0.05) is 41.6 Å². The lowest BCUT2D eigenvalue weighted by molar-refractivity contribution is -0.159. The molecule has 1 aliphatic heterocycles. The first-order chi connectivity index (χ1) is 13.9. The van der Waals surface area contributed by atoms with Crippen LogP contribution in [0.3, 0.4) is 0 Å². The summed E-state index contributed by atoms with van der Waals surface area (Å²) in [6.45, 7) is 2.07. The van der Waals surface area contributed by atoms with Gasteiger partial charge >= 0.3 is 11.9 Å². The Kier molecular flexibility index (Phi) is 6.40. The molecule has 0 unspecified atom stereocenters. The van der Waals surface area contributed by atoms with Crippen molar-refractivity contribution in [1.82, 2.24) is 15.0 Å². The van der Waals surface area contributed by atoms with Crippen LogP contribution in [0.25, 0.3) is 10.7 Å². The third-order valence-corrected chi connectivity index (χ3v) is 5.79. The molecule has 1 aromatic carbocycles. The average molecular weight is 415 g/mol. The lowest BCUT2D eigenvalue weighted by Gasteiger charge is -2.38. The number of aromatic nitrogens is 2. The van der Waals surface area contributed by atoms with Crippen molar-refractivity contribution in [2.24, 2.45) is 0 Å². The molecule has 8 nitrogen and oxygen atoms in total. The maximum absolute atomic E-state index is 9.10. The number of thiophene rings is 1. The monoisotopic (exact) mass is 415 g/mol. The molecule has 0 radical (unpaired) electrons. The minimum absolute atomic E-state index is 0.170. The Morgan fingerprint density at radius 2 is 1.72 bits per heavy atom. The van der Waals surface area contributed by atoms with Gasteiger partial charge in [0.2, 0.25) is 11.7 Å². The molecule has 0 saturated carbocycles. The van der Waals surface area contributed by atoms with Gasteiger partial charge in [-0.05, 0) is 50.0 Å². The first kappa shape index (κ1) is 20.7. The maximum Gasteiger partial charge on any atom is 0.414 e. The number of aliphatic carboxylic acids is 2. The number of likely N-dealkylation sites (tertiary alicyclic amines) is 1. The lowest BCUT2D eigenvalue weighted by atomic mass is 9.72. The lowest BCUT2D eigenvalue weighted by Crippen LogP contribution is -2.41. The standard InChI is InChI=1S/C18H19N3OS.C2H2O4/c1-21-11-9-18(10-12-21,14-6-3-2-4-7-14)17-19-16(20-22-17)15-8-5-13-23-15;3-1(4)2(5)6/h2-8,13H,9-12H2,1H3;(H,3,4)(H,5,6). The fourth-order valence-electron chi connectivity index (χ4n) is 3.31. The minimum Gasteiger partial charge on any atom is -0.473 e. The smallest absolute Gasteiger partial charge is 0.414 e. The van der Waals surface area contributed by atoms with E-state index in [1.807, 2.05) is 17.5 Å². The van der Waals surface area contributed by atoms with Crippen LogP contribution >= 0.6 is 11.3 Å². The summed E-state index contributed by atoms with van der Waals surface area (Å²) in [5, 5.41) is 21.1. The van der Waals surface area contributed by atoms with Gasteiger partial charge in [-0.15, -0.1) is 11.3 Å². The van der Waals surface area contributed by atoms with Crippen LogP contribution in [0.1, 0.15) is 24.3 Å². The van der Waals surface area contributed by atoms with Crippen molar-refractivity contribution in [1.29, 1.82) is 0 Å². The molecule has 0 spiro atoms. The van der Waals surface area contributed by atoms with Crippen molar-refractivity contribution in [3.05, 3.63) is 59.3 Å². The normalized spacial score (nSPS) is 15.9. The fraction of sp³-hybridized carbons (Fsp3) is 0.300. The van der Waals surface area contributed by atoms with Crippen molar-refractivity contribution in [3.8, 4) is 10.7 Å². The van der Waals surface area contributed by atoms with Crippen LogP contribution in [-0.2, 0) is 15.0 Å². The molecule has 0 atom stereocenters. The summed E-state index contributed by atoms with van der Waals surface area (Å²) in [5.74, 6) is -2.20. The Morgan fingerprint density at radius 1 is 1.07 bits per heavy atom. The number of piperidine rings is 1. The van der Waals surface area contributed by atoms with E-state index >= 15 is 0 Å². The second kappa shape index (κ2) is 8.97. The SMILES string of the molecule is CN1CCC(c2ccccc2)(c2nc(-c3cccs3)no2)CC1.O=C(O)C(=O)O. The Labute approximate surface area is 171 Å². The third-order valence-electron chi connectivity index (χ3n) is 4.93. The molecular weight excluding hydrogens is 394 g/mol. The quantitative estimate of drug-likeness (QED) is 0.627. The van der Waals surface area contributed by atoms with Crippen LogP contribution in [0, 0.1) is 0 Å². The Bertz CT molecular complexity index is 936. The zero-order chi connectivity index (χ0) is 20.9. The second-order valence-electron chi connectivity index (χ2n) is 6.76. The molecule has 3 heterocycles. The van der Waals surface area contributed by atoms with Gasteiger partial charge in [-0.25, -0.2) is 9.59 Å². The number of benzene rings is 1. The number of hydrogen-bond acceptors (Lipinski definition) is 7. The largest absolute Gasteiger partial charge is 0.473 e. The van der Waals surface area contributed by atoms with Crippen molar-refractivity contribution < 1.29 is 24.3 Å². The number of carboxylic acids is 2. The topological polar surface area (TPSA) is 117 Å². The molecule has 9 heteroatoms. The molecule has 1 aliphatic rings. The van der Waals surface area contributed by atoms with E-state index in [1.165, 1.54) is 5.56 Å². The molecule has 3 aromatic rings. The minimum atomic E-state index is -1.82. The zero-order valence-electron chi connectivity index (χ0n) is 15.8. The highest BCUT2D eigenvalue weighted by atomic mass is 32.1. The van der Waals surface area contributed by atoms with Crippen molar-refractivity contribution in [2.45, 2.75) is 18.3 Å². The van der Waals surface area contributed by atoms with Gasteiger partial charge in [0.1, 0.15) is 0 Å². The van der Waals surface area contributed by atoms with Gasteiger partial charge in [0.05, 0.1) is 10.3 Å². The van der Waals surface area contributed by atoms with Gasteiger partial charge < -0.3 is 19.6 Å². The third kappa shape index (κ3) is 4.69. The van der Waals surface area contributed by atoms with E-state index in [2.05, 4.69) is 47.4 Å². The summed E-state index contributed by atoms with van der Waals surface area (Å²) >= 11 is 1.64. The number of hydrogen-bond donors (Lipinski definition) is 2. The summed E-state index contributed by atoms with van der Waals surface area (Å²) in [5.41, 5.74) is 1.10. The summed E-state index contributed by atoms with van der Waals surface area (Å²) in [7, 11) is 2.17. The molecule has 0 amide bonds. The van der Waals surface area contributed by atoms with Gasteiger partial charge in [0.15, 0.2) is 0 Å². The molecule has 1 saturated heterocycles. The van der Waals surface area contributed by atoms with Crippen molar-refractivity contribution >= 4 is 23.3 Å². The molecule has 152 valence electrons. The fourth-order valence-corrected chi connectivity index (χ4v) is 3.96. The molecule has 0 bridgehead atoms. The van der Waals surface area contributed by atoms with Crippen LogP contribution in [-0.4, -0.2) is 57.3 Å². The van der Waals surface area contributed by atoms with E-state index in [1.54, 1.807) is 11.3 Å². The molecule has 29 heavy (non-hydrogen) atoms. The van der Waals surface area contributed by atoms with E-state index < -0.39 is 11.9 Å². The summed E-state index contributed by atoms with van der Waals surface area (Å²) in [4.78, 5) is 26.4. The van der Waals surface area contributed by atoms with Crippen LogP contribution in [0.15, 0.2) is 52.4 Å². The van der Waals surface area contributed by atoms with Gasteiger partial charge in [0.25, 0.3) is 0 Å². The summed E-state index contributed by atoms with van der Waals surface area (Å²) in [6.07, 6.45) is 2.00. The van der Waals surface area contributed by atoms with Crippen LogP contribution in [0.4, 0.5) is 0 Å². The highest BCUT2D eigenvalue weighted by molar-refractivity contribution is 7.13. The van der Waals surface area contributed by atoms with Crippen molar-refractivity contribution in [2.75, 3.05) is 20.1 Å². The Hall–Kier alpha value is -3.04. The van der Waals surface area contributed by atoms with Crippen LogP contribution < -0.4 is 0 Å². The highest BCUT2D eigenvalue weighted by Gasteiger charge is 2.42. The predicted octanol–water partition coefficient (Wildman–Crippen LogP) is 2.97. The molecule has 2 aromatic heterocycles. The second-order valence-corrected chi connectivity index (χ2v) is 7.71. The zero-order valence-corrected chi connectivity index (χ0v) is 16.6. The molecule has 0 aliphatic carbocycles. The van der Waals surface area contributed by atoms with Gasteiger partial charge in [0, 0.05) is 0 Å². The van der Waals surface area contributed by atoms with Crippen molar-refractivity contribution in [3.63, 3.8) is 0 Å². The number of carbonyl (C=O) groups is 2. The highest BCUT2D eigenvalue weighted by Crippen LogP contribution is 2.41. The van der Waals surface area contributed by atoms with E-state index in [4.69, 9.17) is 29.3 Å². The van der Waals surface area contributed by atoms with Gasteiger partial charge in [-0.3, -0.25) is 0 Å². The Balaban J connectivity index is 0.000000353. The molecule has 2 N–H and O–H groups in total. The van der Waals surface area contributed by atoms with Gasteiger partial charge in [-0.2, -0.15) is 4.98 Å². The number of nitrogens with zero attached hydrogens (tertiary/aromatic N) is 3. The predicted molar refractivity (Wildman–Crippen MR) is 107 cm³/mol. The van der Waals surface area contributed by atoms with E-state index in [0.29, 0.717) is 5.82 Å². The summed E-state index contributed by atoms with van der Waals surface area (Å²) in [6, 6.07) is 14.6. The maximum atomic E-state index is 9.10. The van der Waals surface area contributed by atoms with Crippen LogP contribution in [0.5, 0.6) is 0 Å². The van der Waals surface area contributed by atoms with E-state index in [-0.39, 0.29) is 5.41 Å². The van der Waals surface area contributed by atoms with E-state index in [0.717, 1.165) is 36.7 Å².